The van der Waals surface area contributed by atoms with E-state index in [1.807, 2.05) is 0 Å². The van der Waals surface area contributed by atoms with Crippen LogP contribution in [-0.2, 0) is 14.3 Å². The van der Waals surface area contributed by atoms with Gasteiger partial charge in [-0.05, 0) is 24.3 Å². The average Bonchev–Trinajstić information content (AvgIpc) is 3.21. The first-order valence-electron chi connectivity index (χ1n) is 5.81. The summed E-state index contributed by atoms with van der Waals surface area (Å²) in [4.78, 5) is 33.6. The Morgan fingerprint density at radius 2 is 1.94 bits per heavy atom. The lowest BCUT2D eigenvalue weighted by atomic mass is 9.99. The van der Waals surface area contributed by atoms with Crippen LogP contribution in [0.2, 0.25) is 0 Å². The number of amides is 1. The number of carbonyl (C=O) groups excluding carboxylic acids is 2. The summed E-state index contributed by atoms with van der Waals surface area (Å²) in [5, 5.41) is 2.34. The molecule has 18 heavy (non-hydrogen) atoms. The van der Waals surface area contributed by atoms with E-state index in [-0.39, 0.29) is 0 Å². The molecule has 1 unspecified atom stereocenters. The average molecular weight is 247 g/mol. The van der Waals surface area contributed by atoms with Crippen molar-refractivity contribution in [3.05, 3.63) is 40.8 Å². The summed E-state index contributed by atoms with van der Waals surface area (Å²) in [5.41, 5.74) is 0.433. The van der Waals surface area contributed by atoms with Gasteiger partial charge in [-0.25, -0.2) is 0 Å². The topological polar surface area (TPSA) is 72.8 Å². The van der Waals surface area contributed by atoms with Crippen LogP contribution in [0, 0.1) is 10.8 Å². The van der Waals surface area contributed by atoms with E-state index >= 15 is 0 Å². The number of nitroso groups, excluding NO2 is 1. The summed E-state index contributed by atoms with van der Waals surface area (Å²) in [6.07, 6.45) is 2.09. The van der Waals surface area contributed by atoms with Crippen LogP contribution in [0.1, 0.15) is 24.3 Å². The van der Waals surface area contributed by atoms with Gasteiger partial charge in [-0.3, -0.25) is 9.59 Å². The molecule has 1 aliphatic carbocycles. The van der Waals surface area contributed by atoms with Crippen molar-refractivity contribution in [3.63, 3.8) is 0 Å². The van der Waals surface area contributed by atoms with Crippen molar-refractivity contribution in [1.29, 1.82) is 0 Å². The Bertz CT molecular complexity index is 453. The van der Waals surface area contributed by atoms with Crippen LogP contribution >= 0.6 is 0 Å². The van der Waals surface area contributed by atoms with Crippen molar-refractivity contribution < 1.29 is 14.3 Å². The molecule has 0 aromatic heterocycles. The van der Waals surface area contributed by atoms with Crippen molar-refractivity contribution in [2.75, 3.05) is 6.61 Å². The van der Waals surface area contributed by atoms with Gasteiger partial charge in [0, 0.05) is 5.18 Å². The van der Waals surface area contributed by atoms with Gasteiger partial charge >= 0.3 is 11.9 Å². The molecule has 0 N–H and O–H groups in total. The van der Waals surface area contributed by atoms with Crippen LogP contribution in [0.25, 0.3) is 0 Å². The minimum Gasteiger partial charge on any atom is -0.465 e. The summed E-state index contributed by atoms with van der Waals surface area (Å²) in [5.74, 6) is -2.54. The number of carbonyl (C=O) groups is 2. The molecule has 0 heterocycles. The predicted octanol–water partition coefficient (Wildman–Crippen LogP) is 2.02. The number of hydrogen-bond donors (Lipinski definition) is 0. The minimum absolute atomic E-state index is 0.314. The summed E-state index contributed by atoms with van der Waals surface area (Å²) >= 11 is 0. The molecule has 1 aromatic rings. The maximum atomic E-state index is 11.8. The zero-order valence-corrected chi connectivity index (χ0v) is 9.74. The van der Waals surface area contributed by atoms with E-state index in [9.17, 15) is 14.5 Å². The second-order valence-electron chi connectivity index (χ2n) is 4.35. The van der Waals surface area contributed by atoms with Gasteiger partial charge in [0.1, 0.15) is 0 Å². The number of rotatable bonds is 5. The van der Waals surface area contributed by atoms with Crippen LogP contribution in [0.4, 0.5) is 0 Å². The number of hydrogen-bond acceptors (Lipinski definition) is 4. The van der Waals surface area contributed by atoms with E-state index in [1.54, 1.807) is 30.3 Å². The highest BCUT2D eigenvalue weighted by Crippen LogP contribution is 2.29. The van der Waals surface area contributed by atoms with Gasteiger partial charge in [0.15, 0.2) is 5.92 Å². The highest BCUT2D eigenvalue weighted by atomic mass is 16.5. The third kappa shape index (κ3) is 3.00. The Morgan fingerprint density at radius 3 is 2.50 bits per heavy atom. The second-order valence-corrected chi connectivity index (χ2v) is 4.35. The fraction of sp³-hybridized carbons (Fsp3) is 0.385. The summed E-state index contributed by atoms with van der Waals surface area (Å²) in [6, 6.07) is 8.34. The van der Waals surface area contributed by atoms with Crippen molar-refractivity contribution in [2.45, 2.75) is 18.8 Å². The molecular formula is C13H13NO4. The molecule has 1 saturated carbocycles. The molecule has 0 aliphatic heterocycles. The Kier molecular flexibility index (Phi) is 3.82. The number of esters is 1. The predicted molar refractivity (Wildman–Crippen MR) is 63.7 cm³/mol. The smallest absolute Gasteiger partial charge is 0.323 e. The zero-order valence-electron chi connectivity index (χ0n) is 9.74. The number of benzene rings is 1. The third-order valence-electron chi connectivity index (χ3n) is 2.86. The van der Waals surface area contributed by atoms with Crippen molar-refractivity contribution in [2.24, 2.45) is 11.1 Å². The van der Waals surface area contributed by atoms with Crippen LogP contribution in [0.5, 0.6) is 0 Å². The molecular weight excluding hydrogens is 234 g/mol. The lowest BCUT2D eigenvalue weighted by Gasteiger charge is -2.11. The van der Waals surface area contributed by atoms with Gasteiger partial charge in [-0.2, -0.15) is 0 Å². The van der Waals surface area contributed by atoms with Crippen LogP contribution in [0.15, 0.2) is 35.5 Å². The van der Waals surface area contributed by atoms with E-state index in [0.717, 1.165) is 12.8 Å². The van der Waals surface area contributed by atoms with Crippen molar-refractivity contribution >= 4 is 11.9 Å². The highest BCUT2D eigenvalue weighted by molar-refractivity contribution is 6.03. The van der Waals surface area contributed by atoms with E-state index in [1.165, 1.54) is 0 Å². The van der Waals surface area contributed by atoms with E-state index in [2.05, 4.69) is 5.18 Å². The fourth-order valence-corrected chi connectivity index (χ4v) is 1.65. The normalized spacial score (nSPS) is 15.8. The lowest BCUT2D eigenvalue weighted by molar-refractivity contribution is -0.148. The van der Waals surface area contributed by atoms with Crippen LogP contribution in [0.3, 0.4) is 0 Å². The molecule has 1 aromatic carbocycles. The highest BCUT2D eigenvalue weighted by Gasteiger charge is 2.32. The van der Waals surface area contributed by atoms with Gasteiger partial charge < -0.3 is 4.74 Å². The second kappa shape index (κ2) is 5.53. The molecule has 0 bridgehead atoms. The molecule has 5 heteroatoms. The molecule has 1 fully saturated rings. The Labute approximate surface area is 104 Å². The van der Waals surface area contributed by atoms with Crippen molar-refractivity contribution in [1.82, 2.24) is 0 Å². The Balaban J connectivity index is 2.11. The maximum Gasteiger partial charge on any atom is 0.323 e. The first-order valence-corrected chi connectivity index (χ1v) is 5.81. The Hall–Kier alpha value is -2.04. The quantitative estimate of drug-likeness (QED) is 0.453. The number of nitrogens with zero attached hydrogens (tertiary/aromatic N) is 1. The first kappa shape index (κ1) is 12.4. The molecule has 5 nitrogen and oxygen atoms in total. The molecule has 1 atom stereocenters. The van der Waals surface area contributed by atoms with Gasteiger partial charge in [0.05, 0.1) is 6.61 Å². The lowest BCUT2D eigenvalue weighted by Crippen LogP contribution is -2.23. The standard InChI is InChI=1S/C13H13NO4/c15-12(14-17)11(10-4-2-1-3-5-10)13(16)18-8-9-6-7-9/h1-5,9,11H,6-8H2. The SMILES string of the molecule is O=NC(=O)C(C(=O)OCC1CC1)c1ccccc1. The zero-order chi connectivity index (χ0) is 13.0. The fourth-order valence-electron chi connectivity index (χ4n) is 1.65. The largest absolute Gasteiger partial charge is 0.465 e. The molecule has 94 valence electrons. The molecule has 0 radical (unpaired) electrons. The molecule has 0 saturated heterocycles. The monoisotopic (exact) mass is 247 g/mol. The van der Waals surface area contributed by atoms with Crippen LogP contribution < -0.4 is 0 Å². The molecule has 2 rings (SSSR count). The third-order valence-corrected chi connectivity index (χ3v) is 2.86. The molecule has 0 spiro atoms. The Morgan fingerprint density at radius 1 is 1.28 bits per heavy atom. The molecule has 1 aliphatic rings. The van der Waals surface area contributed by atoms with Crippen LogP contribution in [-0.4, -0.2) is 18.5 Å². The first-order chi connectivity index (χ1) is 8.72. The summed E-state index contributed by atoms with van der Waals surface area (Å²) < 4.78 is 5.05. The summed E-state index contributed by atoms with van der Waals surface area (Å²) in [7, 11) is 0. The maximum absolute atomic E-state index is 11.8. The minimum atomic E-state index is -1.23. The van der Waals surface area contributed by atoms with Gasteiger partial charge in [-0.1, -0.05) is 30.3 Å². The van der Waals surface area contributed by atoms with Gasteiger partial charge in [-0.15, -0.1) is 4.91 Å². The van der Waals surface area contributed by atoms with E-state index in [0.29, 0.717) is 18.1 Å². The van der Waals surface area contributed by atoms with E-state index in [4.69, 9.17) is 4.74 Å². The van der Waals surface area contributed by atoms with Gasteiger partial charge in [0.25, 0.3) is 0 Å². The molecule has 1 amide bonds. The summed E-state index contributed by atoms with van der Waals surface area (Å²) in [6.45, 7) is 0.314. The van der Waals surface area contributed by atoms with Crippen molar-refractivity contribution in [3.8, 4) is 0 Å². The van der Waals surface area contributed by atoms with E-state index < -0.39 is 17.8 Å². The number of ether oxygens (including phenoxy) is 1. The van der Waals surface area contributed by atoms with Gasteiger partial charge in [0.2, 0.25) is 0 Å².